The third kappa shape index (κ3) is 2.81. The van der Waals surface area contributed by atoms with Crippen LogP contribution in [-0.4, -0.2) is 23.9 Å². The number of benzene rings is 1. The molecule has 0 amide bonds. The third-order valence-electron chi connectivity index (χ3n) is 2.67. The largest absolute Gasteiger partial charge is 0.497 e. The molecule has 18 heavy (non-hydrogen) atoms. The van der Waals surface area contributed by atoms with Gasteiger partial charge in [0, 0.05) is 6.07 Å². The highest BCUT2D eigenvalue weighted by Crippen LogP contribution is 2.24. The van der Waals surface area contributed by atoms with Gasteiger partial charge in [-0.3, -0.25) is 10.00 Å². The molecular weight excluding hydrogens is 230 g/mol. The third-order valence-corrected chi connectivity index (χ3v) is 2.67. The molecule has 0 aliphatic rings. The molecule has 0 saturated heterocycles. The van der Waals surface area contributed by atoms with E-state index >= 15 is 0 Å². The second kappa shape index (κ2) is 5.55. The number of nitrogens with one attached hydrogen (secondary N) is 1. The summed E-state index contributed by atoms with van der Waals surface area (Å²) in [6, 6.07) is 7.47. The number of aromatic nitrogens is 2. The first-order valence-electron chi connectivity index (χ1n) is 5.76. The van der Waals surface area contributed by atoms with Crippen LogP contribution in [0.1, 0.15) is 13.1 Å². The van der Waals surface area contributed by atoms with E-state index in [0.717, 1.165) is 11.5 Å². The Labute approximate surface area is 106 Å². The summed E-state index contributed by atoms with van der Waals surface area (Å²) >= 11 is 0. The normalized spacial score (nSPS) is 12.2. The van der Waals surface area contributed by atoms with Crippen LogP contribution in [0.4, 0.5) is 0 Å². The SMILES string of the molecule is CNC(C)n1cc(Oc2cccc(OC)c2)cn1. The Hall–Kier alpha value is -2.01. The van der Waals surface area contributed by atoms with E-state index in [0.29, 0.717) is 5.75 Å². The van der Waals surface area contributed by atoms with Gasteiger partial charge >= 0.3 is 0 Å². The highest BCUT2D eigenvalue weighted by Gasteiger charge is 2.06. The molecule has 5 heteroatoms. The molecule has 0 aliphatic heterocycles. The van der Waals surface area contributed by atoms with Gasteiger partial charge < -0.3 is 9.47 Å². The molecule has 0 aliphatic carbocycles. The molecule has 0 fully saturated rings. The maximum Gasteiger partial charge on any atom is 0.165 e. The number of rotatable bonds is 5. The minimum atomic E-state index is 0.132. The van der Waals surface area contributed by atoms with Gasteiger partial charge in [-0.15, -0.1) is 0 Å². The quantitative estimate of drug-likeness (QED) is 0.881. The van der Waals surface area contributed by atoms with Gasteiger partial charge in [0.2, 0.25) is 0 Å². The fourth-order valence-electron chi connectivity index (χ4n) is 1.52. The topological polar surface area (TPSA) is 48.3 Å². The van der Waals surface area contributed by atoms with Gasteiger partial charge in [-0.25, -0.2) is 0 Å². The van der Waals surface area contributed by atoms with Crippen molar-refractivity contribution in [1.29, 1.82) is 0 Å². The van der Waals surface area contributed by atoms with E-state index in [2.05, 4.69) is 10.4 Å². The van der Waals surface area contributed by atoms with Gasteiger partial charge in [-0.1, -0.05) is 6.07 Å². The van der Waals surface area contributed by atoms with Crippen LogP contribution in [0, 0.1) is 0 Å². The Bertz CT molecular complexity index is 510. The lowest BCUT2D eigenvalue weighted by molar-refractivity contribution is 0.408. The van der Waals surface area contributed by atoms with Crippen LogP contribution < -0.4 is 14.8 Å². The lowest BCUT2D eigenvalue weighted by Crippen LogP contribution is -2.19. The van der Waals surface area contributed by atoms with E-state index in [9.17, 15) is 0 Å². The van der Waals surface area contributed by atoms with Gasteiger partial charge in [0.1, 0.15) is 11.5 Å². The maximum absolute atomic E-state index is 5.71. The number of nitrogens with zero attached hydrogens (tertiary/aromatic N) is 2. The zero-order chi connectivity index (χ0) is 13.0. The monoisotopic (exact) mass is 247 g/mol. The molecular formula is C13H17N3O2. The maximum atomic E-state index is 5.71. The molecule has 5 nitrogen and oxygen atoms in total. The molecule has 0 saturated carbocycles. The highest BCUT2D eigenvalue weighted by molar-refractivity contribution is 5.35. The van der Waals surface area contributed by atoms with E-state index < -0.39 is 0 Å². The Morgan fingerprint density at radius 1 is 1.28 bits per heavy atom. The average molecular weight is 247 g/mol. The minimum Gasteiger partial charge on any atom is -0.497 e. The molecule has 0 spiro atoms. The summed E-state index contributed by atoms with van der Waals surface area (Å²) in [6.07, 6.45) is 3.67. The van der Waals surface area contributed by atoms with E-state index in [-0.39, 0.29) is 6.17 Å². The smallest absolute Gasteiger partial charge is 0.165 e. The standard InChI is InChI=1S/C13H17N3O2/c1-10(14-2)16-9-13(8-15-16)18-12-6-4-5-11(7-12)17-3/h4-10,14H,1-3H3. The summed E-state index contributed by atoms with van der Waals surface area (Å²) < 4.78 is 12.6. The van der Waals surface area contributed by atoms with Gasteiger partial charge in [-0.2, -0.15) is 5.10 Å². The van der Waals surface area contributed by atoms with Gasteiger partial charge in [0.05, 0.1) is 25.7 Å². The van der Waals surface area contributed by atoms with Gasteiger partial charge in [0.15, 0.2) is 5.75 Å². The molecule has 1 aromatic heterocycles. The van der Waals surface area contributed by atoms with Crippen LogP contribution in [0.2, 0.25) is 0 Å². The molecule has 1 heterocycles. The molecule has 1 unspecified atom stereocenters. The van der Waals surface area contributed by atoms with Gasteiger partial charge in [-0.05, 0) is 26.1 Å². The van der Waals surface area contributed by atoms with Crippen molar-refractivity contribution in [3.8, 4) is 17.2 Å². The average Bonchev–Trinajstić information content (AvgIpc) is 2.86. The Balaban J connectivity index is 2.11. The summed E-state index contributed by atoms with van der Waals surface area (Å²) in [5, 5.41) is 7.33. The van der Waals surface area contributed by atoms with Crippen molar-refractivity contribution in [1.82, 2.24) is 15.1 Å². The minimum absolute atomic E-state index is 0.132. The van der Waals surface area contributed by atoms with Crippen molar-refractivity contribution >= 4 is 0 Å². The molecule has 0 radical (unpaired) electrons. The Kier molecular flexibility index (Phi) is 3.84. The van der Waals surface area contributed by atoms with Crippen molar-refractivity contribution in [2.45, 2.75) is 13.1 Å². The van der Waals surface area contributed by atoms with Crippen LogP contribution in [0.15, 0.2) is 36.7 Å². The zero-order valence-electron chi connectivity index (χ0n) is 10.8. The zero-order valence-corrected chi connectivity index (χ0v) is 10.8. The fraction of sp³-hybridized carbons (Fsp3) is 0.308. The number of ether oxygens (including phenoxy) is 2. The summed E-state index contributed by atoms with van der Waals surface area (Å²) in [7, 11) is 3.51. The number of hydrogen-bond donors (Lipinski definition) is 1. The molecule has 0 bridgehead atoms. The Morgan fingerprint density at radius 3 is 2.78 bits per heavy atom. The molecule has 2 aromatic rings. The molecule has 2 rings (SSSR count). The molecule has 1 N–H and O–H groups in total. The van der Waals surface area contributed by atoms with Crippen molar-refractivity contribution in [2.24, 2.45) is 0 Å². The van der Waals surface area contributed by atoms with Gasteiger partial charge in [0.25, 0.3) is 0 Å². The van der Waals surface area contributed by atoms with Crippen LogP contribution in [0.3, 0.4) is 0 Å². The molecule has 1 aromatic carbocycles. The fourth-order valence-corrected chi connectivity index (χ4v) is 1.52. The van der Waals surface area contributed by atoms with Crippen LogP contribution in [0.25, 0.3) is 0 Å². The number of hydrogen-bond acceptors (Lipinski definition) is 4. The summed E-state index contributed by atoms with van der Waals surface area (Å²) in [5.74, 6) is 2.19. The van der Waals surface area contributed by atoms with Crippen molar-refractivity contribution in [2.75, 3.05) is 14.2 Å². The summed E-state index contributed by atoms with van der Waals surface area (Å²) in [4.78, 5) is 0. The van der Waals surface area contributed by atoms with E-state index in [4.69, 9.17) is 9.47 Å². The van der Waals surface area contributed by atoms with Crippen molar-refractivity contribution in [3.05, 3.63) is 36.7 Å². The first-order chi connectivity index (χ1) is 8.72. The summed E-state index contributed by atoms with van der Waals surface area (Å²) in [5.41, 5.74) is 0. The molecule has 1 atom stereocenters. The predicted molar refractivity (Wildman–Crippen MR) is 69.1 cm³/mol. The predicted octanol–water partition coefficient (Wildman–Crippen LogP) is 2.42. The summed E-state index contributed by atoms with van der Waals surface area (Å²) in [6.45, 7) is 2.02. The van der Waals surface area contributed by atoms with E-state index in [1.54, 1.807) is 18.0 Å². The first kappa shape index (κ1) is 12.4. The Morgan fingerprint density at radius 2 is 2.06 bits per heavy atom. The molecule has 96 valence electrons. The lowest BCUT2D eigenvalue weighted by Gasteiger charge is -2.09. The lowest BCUT2D eigenvalue weighted by atomic mass is 10.3. The number of methoxy groups -OCH3 is 1. The van der Waals surface area contributed by atoms with E-state index in [1.165, 1.54) is 0 Å². The van der Waals surface area contributed by atoms with Crippen molar-refractivity contribution in [3.63, 3.8) is 0 Å². The first-order valence-corrected chi connectivity index (χ1v) is 5.76. The second-order valence-corrected chi connectivity index (χ2v) is 3.90. The van der Waals surface area contributed by atoms with Crippen LogP contribution in [0.5, 0.6) is 17.2 Å². The second-order valence-electron chi connectivity index (χ2n) is 3.90. The highest BCUT2D eigenvalue weighted by atomic mass is 16.5. The van der Waals surface area contributed by atoms with Crippen LogP contribution in [-0.2, 0) is 0 Å². The van der Waals surface area contributed by atoms with E-state index in [1.807, 2.05) is 44.4 Å². The van der Waals surface area contributed by atoms with Crippen molar-refractivity contribution < 1.29 is 9.47 Å². The van der Waals surface area contributed by atoms with Crippen LogP contribution >= 0.6 is 0 Å².